The van der Waals surface area contributed by atoms with Crippen LogP contribution in [0.1, 0.15) is 5.56 Å². The van der Waals surface area contributed by atoms with E-state index in [-0.39, 0.29) is 0 Å². The van der Waals surface area contributed by atoms with Crippen molar-refractivity contribution >= 4 is 10.8 Å². The van der Waals surface area contributed by atoms with Gasteiger partial charge in [0.1, 0.15) is 24.0 Å². The van der Waals surface area contributed by atoms with Crippen LogP contribution in [0.5, 0.6) is 5.75 Å². The van der Waals surface area contributed by atoms with Crippen molar-refractivity contribution in [1.29, 1.82) is 5.26 Å². The predicted octanol–water partition coefficient (Wildman–Crippen LogP) is 2.47. The SMILES string of the molecule is C=C1NCCN1CCOc1ccc2ccccc2c1C#N. The molecule has 0 radical (unpaired) electrons. The van der Waals surface area contributed by atoms with Gasteiger partial charge in [-0.25, -0.2) is 0 Å². The van der Waals surface area contributed by atoms with Gasteiger partial charge in [0.15, 0.2) is 0 Å². The highest BCUT2D eigenvalue weighted by Gasteiger charge is 2.14. The number of nitriles is 1. The maximum Gasteiger partial charge on any atom is 0.137 e. The lowest BCUT2D eigenvalue weighted by molar-refractivity contribution is 0.258. The largest absolute Gasteiger partial charge is 0.490 e. The monoisotopic (exact) mass is 279 g/mol. The molecule has 1 N–H and O–H groups in total. The van der Waals surface area contributed by atoms with Crippen molar-refractivity contribution in [1.82, 2.24) is 10.2 Å². The summed E-state index contributed by atoms with van der Waals surface area (Å²) in [6.45, 7) is 7.12. The van der Waals surface area contributed by atoms with E-state index in [1.165, 1.54) is 0 Å². The van der Waals surface area contributed by atoms with Crippen molar-refractivity contribution < 1.29 is 4.74 Å². The summed E-state index contributed by atoms with van der Waals surface area (Å²) in [7, 11) is 0. The zero-order valence-corrected chi connectivity index (χ0v) is 11.8. The van der Waals surface area contributed by atoms with Crippen molar-refractivity contribution in [3.63, 3.8) is 0 Å². The summed E-state index contributed by atoms with van der Waals surface area (Å²) < 4.78 is 5.81. The molecule has 1 aliphatic heterocycles. The molecule has 0 amide bonds. The molecule has 2 aromatic carbocycles. The molecule has 0 aliphatic carbocycles. The molecule has 4 heteroatoms. The lowest BCUT2D eigenvalue weighted by Crippen LogP contribution is -2.25. The maximum absolute atomic E-state index is 9.40. The second-order valence-electron chi connectivity index (χ2n) is 4.98. The third-order valence-corrected chi connectivity index (χ3v) is 3.71. The Kier molecular flexibility index (Phi) is 3.65. The minimum absolute atomic E-state index is 0.535. The molecule has 0 unspecified atom stereocenters. The van der Waals surface area contributed by atoms with Crippen LogP contribution in [0.4, 0.5) is 0 Å². The number of fused-ring (bicyclic) bond motifs is 1. The Morgan fingerprint density at radius 3 is 2.90 bits per heavy atom. The Hall–Kier alpha value is -2.67. The van der Waals surface area contributed by atoms with Crippen molar-refractivity contribution in [2.24, 2.45) is 0 Å². The summed E-state index contributed by atoms with van der Waals surface area (Å²) in [6, 6.07) is 14.0. The standard InChI is InChI=1S/C17H17N3O/c1-13-19-8-9-20(13)10-11-21-17-7-6-14-4-2-3-5-15(14)16(17)12-18/h2-7,19H,1,8-11H2. The molecular formula is C17H17N3O. The summed E-state index contributed by atoms with van der Waals surface area (Å²) >= 11 is 0. The molecule has 2 aromatic rings. The van der Waals surface area contributed by atoms with Gasteiger partial charge in [0.05, 0.1) is 12.4 Å². The highest BCUT2D eigenvalue weighted by molar-refractivity contribution is 5.90. The molecule has 4 nitrogen and oxygen atoms in total. The minimum Gasteiger partial charge on any atom is -0.490 e. The Bertz CT molecular complexity index is 718. The van der Waals surface area contributed by atoms with Crippen LogP contribution in [0.2, 0.25) is 0 Å². The van der Waals surface area contributed by atoms with Gasteiger partial charge in [-0.1, -0.05) is 36.9 Å². The fraction of sp³-hybridized carbons (Fsp3) is 0.235. The molecule has 0 bridgehead atoms. The van der Waals surface area contributed by atoms with Gasteiger partial charge in [-0.2, -0.15) is 5.26 Å². The smallest absolute Gasteiger partial charge is 0.137 e. The summed E-state index contributed by atoms with van der Waals surface area (Å²) in [5.74, 6) is 1.59. The molecule has 0 atom stereocenters. The first-order chi connectivity index (χ1) is 10.3. The van der Waals surface area contributed by atoms with Gasteiger partial charge in [0, 0.05) is 18.5 Å². The summed E-state index contributed by atoms with van der Waals surface area (Å²) in [6.07, 6.45) is 0. The van der Waals surface area contributed by atoms with Crippen molar-refractivity contribution in [3.05, 3.63) is 54.4 Å². The second-order valence-corrected chi connectivity index (χ2v) is 4.98. The van der Waals surface area contributed by atoms with Crippen LogP contribution >= 0.6 is 0 Å². The van der Waals surface area contributed by atoms with E-state index in [1.54, 1.807) is 0 Å². The van der Waals surface area contributed by atoms with E-state index < -0.39 is 0 Å². The number of nitrogens with zero attached hydrogens (tertiary/aromatic N) is 2. The molecule has 3 rings (SSSR count). The number of benzene rings is 2. The van der Waals surface area contributed by atoms with E-state index in [1.807, 2.05) is 36.4 Å². The van der Waals surface area contributed by atoms with Crippen LogP contribution in [0.3, 0.4) is 0 Å². The second kappa shape index (κ2) is 5.76. The molecule has 0 aromatic heterocycles. The number of rotatable bonds is 4. The topological polar surface area (TPSA) is 48.3 Å². The zero-order chi connectivity index (χ0) is 14.7. The Morgan fingerprint density at radius 1 is 1.29 bits per heavy atom. The summed E-state index contributed by atoms with van der Waals surface area (Å²) in [4.78, 5) is 2.15. The van der Waals surface area contributed by atoms with Gasteiger partial charge >= 0.3 is 0 Å². The van der Waals surface area contributed by atoms with Crippen LogP contribution in [0.15, 0.2) is 48.8 Å². The Balaban J connectivity index is 1.75. The molecular weight excluding hydrogens is 262 g/mol. The normalized spacial score (nSPS) is 14.0. The fourth-order valence-electron chi connectivity index (χ4n) is 2.58. The molecule has 1 aliphatic rings. The minimum atomic E-state index is 0.535. The molecule has 0 saturated carbocycles. The van der Waals surface area contributed by atoms with E-state index in [0.29, 0.717) is 17.9 Å². The zero-order valence-electron chi connectivity index (χ0n) is 11.8. The number of nitrogens with one attached hydrogen (secondary N) is 1. The lowest BCUT2D eigenvalue weighted by atomic mass is 10.0. The van der Waals surface area contributed by atoms with E-state index in [2.05, 4.69) is 22.9 Å². The highest BCUT2D eigenvalue weighted by atomic mass is 16.5. The first kappa shape index (κ1) is 13.3. The van der Waals surface area contributed by atoms with Crippen molar-refractivity contribution in [2.45, 2.75) is 0 Å². The first-order valence-corrected chi connectivity index (χ1v) is 7.02. The van der Waals surface area contributed by atoms with E-state index in [4.69, 9.17) is 4.74 Å². The quantitative estimate of drug-likeness (QED) is 0.934. The first-order valence-electron chi connectivity index (χ1n) is 7.02. The molecule has 0 spiro atoms. The molecule has 1 saturated heterocycles. The van der Waals surface area contributed by atoms with E-state index >= 15 is 0 Å². The molecule has 106 valence electrons. The van der Waals surface area contributed by atoms with E-state index in [0.717, 1.165) is 36.2 Å². The lowest BCUT2D eigenvalue weighted by Gasteiger charge is -2.18. The van der Waals surface area contributed by atoms with Crippen LogP contribution < -0.4 is 10.1 Å². The molecule has 1 heterocycles. The average Bonchev–Trinajstić information content (AvgIpc) is 2.92. The maximum atomic E-state index is 9.40. The summed E-state index contributed by atoms with van der Waals surface area (Å²) in [5, 5.41) is 14.6. The average molecular weight is 279 g/mol. The Morgan fingerprint density at radius 2 is 2.14 bits per heavy atom. The van der Waals surface area contributed by atoms with Crippen LogP contribution in [0.25, 0.3) is 10.8 Å². The van der Waals surface area contributed by atoms with Gasteiger partial charge in [0.25, 0.3) is 0 Å². The molecule has 21 heavy (non-hydrogen) atoms. The predicted molar refractivity (Wildman–Crippen MR) is 82.9 cm³/mol. The number of ether oxygens (including phenoxy) is 1. The van der Waals surface area contributed by atoms with Crippen molar-refractivity contribution in [3.8, 4) is 11.8 Å². The fourth-order valence-corrected chi connectivity index (χ4v) is 2.58. The van der Waals surface area contributed by atoms with Gasteiger partial charge in [-0.05, 0) is 11.5 Å². The van der Waals surface area contributed by atoms with Crippen LogP contribution in [-0.2, 0) is 0 Å². The van der Waals surface area contributed by atoms with Gasteiger partial charge in [0.2, 0.25) is 0 Å². The number of hydrogen-bond donors (Lipinski definition) is 1. The number of hydrogen-bond acceptors (Lipinski definition) is 4. The Labute approximate surface area is 124 Å². The molecule has 1 fully saturated rings. The summed E-state index contributed by atoms with van der Waals surface area (Å²) in [5.41, 5.74) is 0.603. The third-order valence-electron chi connectivity index (χ3n) is 3.71. The van der Waals surface area contributed by atoms with Gasteiger partial charge < -0.3 is 15.0 Å². The van der Waals surface area contributed by atoms with Gasteiger partial charge in [-0.15, -0.1) is 0 Å². The van der Waals surface area contributed by atoms with Crippen molar-refractivity contribution in [2.75, 3.05) is 26.2 Å². The third kappa shape index (κ3) is 2.63. The highest BCUT2D eigenvalue weighted by Crippen LogP contribution is 2.27. The van der Waals surface area contributed by atoms with Gasteiger partial charge in [-0.3, -0.25) is 0 Å². The van der Waals surface area contributed by atoms with E-state index in [9.17, 15) is 5.26 Å². The van der Waals surface area contributed by atoms with Crippen LogP contribution in [0, 0.1) is 11.3 Å². The van der Waals surface area contributed by atoms with Crippen LogP contribution in [-0.4, -0.2) is 31.1 Å².